The Morgan fingerprint density at radius 2 is 1.21 bits per heavy atom. The van der Waals surface area contributed by atoms with Crippen molar-refractivity contribution in [3.8, 4) is 0 Å². The molecule has 0 heterocycles. The third kappa shape index (κ3) is 5.00. The quantitative estimate of drug-likeness (QED) is 0.746. The number of aliphatic hydroxyl groups excluding tert-OH is 1. The molecule has 3 aromatic rings. The molecule has 1 radical (unpaired) electrons. The molecule has 1 N–H and O–H groups in total. The van der Waals surface area contributed by atoms with Crippen LogP contribution < -0.4 is 0 Å². The number of carbonyl (C=O) groups excluding carboxylic acids is 2. The van der Waals surface area contributed by atoms with E-state index in [1.165, 1.54) is 0 Å². The predicted octanol–water partition coefficient (Wildman–Crippen LogP) is 3.75. The number of benzene rings is 3. The topological polar surface area (TPSA) is 54.4 Å². The lowest BCUT2D eigenvalue weighted by atomic mass is 10.0. The average Bonchev–Trinajstić information content (AvgIpc) is 2.69. The van der Waals surface area contributed by atoms with Crippen molar-refractivity contribution in [2.75, 3.05) is 0 Å². The van der Waals surface area contributed by atoms with E-state index in [0.29, 0.717) is 16.7 Å². The van der Waals surface area contributed by atoms with Crippen LogP contribution in [0.25, 0.3) is 0 Å². The zero-order valence-electron chi connectivity index (χ0n) is 13.0. The Kier molecular flexibility index (Phi) is 6.62. The fourth-order valence-corrected chi connectivity index (χ4v) is 2.05. The molecular weight excluding hydrogens is 300 g/mol. The van der Waals surface area contributed by atoms with Crippen LogP contribution in [0.15, 0.2) is 91.0 Å². The van der Waals surface area contributed by atoms with Crippen LogP contribution in [0.2, 0.25) is 0 Å². The Balaban J connectivity index is 0.000000219. The Bertz CT molecular complexity index is 753. The summed E-state index contributed by atoms with van der Waals surface area (Å²) in [6.45, 7) is 0. The molecule has 3 aromatic carbocycles. The van der Waals surface area contributed by atoms with Gasteiger partial charge < -0.3 is 5.11 Å². The molecule has 0 saturated carbocycles. The molecule has 0 saturated heterocycles. The lowest BCUT2D eigenvalue weighted by Gasteiger charge is -2.09. The van der Waals surface area contributed by atoms with Crippen LogP contribution in [0.3, 0.4) is 0 Å². The van der Waals surface area contributed by atoms with E-state index in [1.54, 1.807) is 79.1 Å². The smallest absolute Gasteiger partial charge is 0.233 e. The Morgan fingerprint density at radius 1 is 0.750 bits per heavy atom. The predicted molar refractivity (Wildman–Crippen MR) is 93.4 cm³/mol. The van der Waals surface area contributed by atoms with Gasteiger partial charge in [-0.15, -0.1) is 0 Å². The molecule has 0 aliphatic carbocycles. The lowest BCUT2D eigenvalue weighted by Crippen LogP contribution is -2.11. The second-order valence-corrected chi connectivity index (χ2v) is 5.01. The van der Waals surface area contributed by atoms with E-state index in [9.17, 15) is 14.7 Å². The number of rotatable bonds is 4. The molecule has 0 amide bonds. The first-order chi connectivity index (χ1) is 11.7. The summed E-state index contributed by atoms with van der Waals surface area (Å²) in [5.41, 5.74) is 1.75. The molecule has 0 aliphatic rings. The van der Waals surface area contributed by atoms with Gasteiger partial charge in [0.25, 0.3) is 0 Å². The summed E-state index contributed by atoms with van der Waals surface area (Å²) >= 11 is 0. The highest BCUT2D eigenvalue weighted by atomic mass is 16.3. The molecule has 24 heavy (non-hydrogen) atoms. The molecule has 0 fully saturated rings. The Morgan fingerprint density at radius 3 is 1.67 bits per heavy atom. The molecular formula is C21H17O3. The molecule has 0 aromatic heterocycles. The number of carbonyl (C=O) groups is 1. The van der Waals surface area contributed by atoms with E-state index in [1.807, 2.05) is 18.2 Å². The van der Waals surface area contributed by atoms with Gasteiger partial charge in [0, 0.05) is 11.1 Å². The van der Waals surface area contributed by atoms with E-state index < -0.39 is 6.10 Å². The molecule has 1 atom stereocenters. The van der Waals surface area contributed by atoms with E-state index in [-0.39, 0.29) is 5.78 Å². The zero-order chi connectivity index (χ0) is 17.2. The van der Waals surface area contributed by atoms with Crippen LogP contribution >= 0.6 is 0 Å². The lowest BCUT2D eigenvalue weighted by molar-refractivity contribution is 0.0747. The third-order valence-corrected chi connectivity index (χ3v) is 3.31. The van der Waals surface area contributed by atoms with Crippen LogP contribution in [-0.2, 0) is 4.79 Å². The fraction of sp³-hybridized carbons (Fsp3) is 0.0476. The van der Waals surface area contributed by atoms with Gasteiger partial charge in [0.2, 0.25) is 6.29 Å². The monoisotopic (exact) mass is 317 g/mol. The minimum absolute atomic E-state index is 0.271. The van der Waals surface area contributed by atoms with Crippen LogP contribution in [-0.4, -0.2) is 17.2 Å². The SMILES string of the molecule is O=C(c1ccccc1)C(O)c1ccccc1.O=[C]c1ccccc1. The summed E-state index contributed by atoms with van der Waals surface area (Å²) in [5.74, 6) is -0.271. The van der Waals surface area contributed by atoms with Gasteiger partial charge in [-0.3, -0.25) is 9.59 Å². The van der Waals surface area contributed by atoms with Crippen LogP contribution in [0.4, 0.5) is 0 Å². The highest BCUT2D eigenvalue weighted by molar-refractivity contribution is 5.99. The Hall–Kier alpha value is -3.04. The normalized spacial score (nSPS) is 10.9. The van der Waals surface area contributed by atoms with Crippen LogP contribution in [0.5, 0.6) is 0 Å². The summed E-state index contributed by atoms with van der Waals surface area (Å²) in [7, 11) is 0. The molecule has 0 bridgehead atoms. The maximum absolute atomic E-state index is 11.9. The maximum atomic E-state index is 11.9. The number of hydrogen-bond acceptors (Lipinski definition) is 3. The van der Waals surface area contributed by atoms with Gasteiger partial charge in [-0.2, -0.15) is 0 Å². The maximum Gasteiger partial charge on any atom is 0.233 e. The molecule has 0 spiro atoms. The zero-order valence-corrected chi connectivity index (χ0v) is 13.0. The van der Waals surface area contributed by atoms with Gasteiger partial charge >= 0.3 is 0 Å². The van der Waals surface area contributed by atoms with Crippen LogP contribution in [0.1, 0.15) is 27.6 Å². The minimum Gasteiger partial charge on any atom is -0.380 e. The number of ketones is 1. The van der Waals surface area contributed by atoms with Crippen LogP contribution in [0, 0.1) is 0 Å². The van der Waals surface area contributed by atoms with Gasteiger partial charge in [-0.25, -0.2) is 0 Å². The molecule has 119 valence electrons. The average molecular weight is 317 g/mol. The summed E-state index contributed by atoms with van der Waals surface area (Å²) in [6, 6.07) is 26.7. The first-order valence-corrected chi connectivity index (χ1v) is 7.48. The highest BCUT2D eigenvalue weighted by Crippen LogP contribution is 2.17. The second-order valence-electron chi connectivity index (χ2n) is 5.01. The standard InChI is InChI=1S/C14H12O2.C7H5O/c15-13(11-7-3-1-4-8-11)14(16)12-9-5-2-6-10-12;8-6-7-4-2-1-3-5-7/h1-10,13,15H;1-5H. The number of hydrogen-bond donors (Lipinski definition) is 1. The number of Topliss-reactive ketones (excluding diaryl/α,β-unsaturated/α-hetero) is 1. The number of aliphatic hydroxyl groups is 1. The first kappa shape index (κ1) is 17.3. The van der Waals surface area contributed by atoms with E-state index in [2.05, 4.69) is 0 Å². The highest BCUT2D eigenvalue weighted by Gasteiger charge is 2.18. The fourth-order valence-electron chi connectivity index (χ4n) is 2.05. The molecule has 3 heteroatoms. The first-order valence-electron chi connectivity index (χ1n) is 7.48. The van der Waals surface area contributed by atoms with Crippen molar-refractivity contribution in [1.29, 1.82) is 0 Å². The van der Waals surface area contributed by atoms with Crippen molar-refractivity contribution in [3.63, 3.8) is 0 Å². The van der Waals surface area contributed by atoms with Crippen molar-refractivity contribution in [1.82, 2.24) is 0 Å². The van der Waals surface area contributed by atoms with Crippen molar-refractivity contribution in [3.05, 3.63) is 108 Å². The van der Waals surface area contributed by atoms with Gasteiger partial charge in [-0.1, -0.05) is 91.0 Å². The van der Waals surface area contributed by atoms with E-state index >= 15 is 0 Å². The molecule has 0 aliphatic heterocycles. The third-order valence-electron chi connectivity index (χ3n) is 3.31. The van der Waals surface area contributed by atoms with E-state index in [0.717, 1.165) is 0 Å². The van der Waals surface area contributed by atoms with Gasteiger partial charge in [0.15, 0.2) is 5.78 Å². The van der Waals surface area contributed by atoms with Gasteiger partial charge in [0.1, 0.15) is 6.10 Å². The summed E-state index contributed by atoms with van der Waals surface area (Å²) in [6.07, 6.45) is 0.697. The largest absolute Gasteiger partial charge is 0.380 e. The van der Waals surface area contributed by atoms with Crippen molar-refractivity contribution >= 4 is 12.1 Å². The Labute approximate surface area is 141 Å². The van der Waals surface area contributed by atoms with E-state index in [4.69, 9.17) is 0 Å². The van der Waals surface area contributed by atoms with Gasteiger partial charge in [0.05, 0.1) is 0 Å². The summed E-state index contributed by atoms with van der Waals surface area (Å²) in [5, 5.41) is 9.89. The summed E-state index contributed by atoms with van der Waals surface area (Å²) < 4.78 is 0. The second kappa shape index (κ2) is 9.18. The molecule has 3 nitrogen and oxygen atoms in total. The summed E-state index contributed by atoms with van der Waals surface area (Å²) in [4.78, 5) is 21.8. The van der Waals surface area contributed by atoms with Crippen molar-refractivity contribution in [2.24, 2.45) is 0 Å². The van der Waals surface area contributed by atoms with Crippen molar-refractivity contribution < 1.29 is 14.7 Å². The minimum atomic E-state index is -1.08. The van der Waals surface area contributed by atoms with Gasteiger partial charge in [-0.05, 0) is 5.56 Å². The van der Waals surface area contributed by atoms with Crippen molar-refractivity contribution in [2.45, 2.75) is 6.10 Å². The molecule has 1 unspecified atom stereocenters. The molecule has 3 rings (SSSR count).